The first kappa shape index (κ1) is 24.9. The van der Waals surface area contributed by atoms with E-state index in [4.69, 9.17) is 9.73 Å². The summed E-state index contributed by atoms with van der Waals surface area (Å²) in [6, 6.07) is 8.72. The number of nitrogens with zero attached hydrogens (tertiary/aromatic N) is 3. The summed E-state index contributed by atoms with van der Waals surface area (Å²) in [5.41, 5.74) is 1.30. The predicted octanol–water partition coefficient (Wildman–Crippen LogP) is 4.01. The van der Waals surface area contributed by atoms with Gasteiger partial charge in [0.05, 0.1) is 24.7 Å². The quantitative estimate of drug-likeness (QED) is 0.285. The van der Waals surface area contributed by atoms with E-state index in [1.165, 1.54) is 28.3 Å². The summed E-state index contributed by atoms with van der Waals surface area (Å²) in [4.78, 5) is 13.2. The molecule has 1 aromatic carbocycles. The summed E-state index contributed by atoms with van der Waals surface area (Å²) in [7, 11) is 1.71. The zero-order valence-electron chi connectivity index (χ0n) is 18.2. The van der Waals surface area contributed by atoms with Gasteiger partial charge in [-0.2, -0.15) is 0 Å². The van der Waals surface area contributed by atoms with E-state index in [9.17, 15) is 0 Å². The molecule has 2 N–H and O–H groups in total. The molecule has 0 radical (unpaired) electrons. The van der Waals surface area contributed by atoms with Gasteiger partial charge in [0.15, 0.2) is 5.96 Å². The molecule has 166 valence electrons. The Kier molecular flexibility index (Phi) is 10.9. The van der Waals surface area contributed by atoms with E-state index in [-0.39, 0.29) is 24.0 Å². The van der Waals surface area contributed by atoms with Crippen molar-refractivity contribution in [1.82, 2.24) is 20.5 Å². The van der Waals surface area contributed by atoms with Gasteiger partial charge in [-0.15, -0.1) is 35.3 Å². The number of nitrogens with one attached hydrogen (secondary N) is 2. The molecule has 1 fully saturated rings. The van der Waals surface area contributed by atoms with E-state index in [0.29, 0.717) is 6.04 Å². The van der Waals surface area contributed by atoms with Crippen LogP contribution in [0.2, 0.25) is 0 Å². The molecule has 8 heteroatoms. The van der Waals surface area contributed by atoms with E-state index in [2.05, 4.69) is 46.5 Å². The average molecular weight is 544 g/mol. The number of thiazole rings is 1. The number of guanidine groups is 1. The fraction of sp³-hybridized carbons (Fsp3) is 0.545. The van der Waals surface area contributed by atoms with Gasteiger partial charge in [0.25, 0.3) is 0 Å². The minimum atomic E-state index is 0. The fourth-order valence-corrected chi connectivity index (χ4v) is 4.42. The largest absolute Gasteiger partial charge is 0.497 e. The molecular weight excluding hydrogens is 509 g/mol. The van der Waals surface area contributed by atoms with Gasteiger partial charge < -0.3 is 15.4 Å². The van der Waals surface area contributed by atoms with Crippen LogP contribution in [-0.2, 0) is 6.42 Å². The lowest BCUT2D eigenvalue weighted by molar-refractivity contribution is 0.251. The van der Waals surface area contributed by atoms with Crippen LogP contribution in [0.25, 0.3) is 0 Å². The van der Waals surface area contributed by atoms with E-state index in [0.717, 1.165) is 50.9 Å². The van der Waals surface area contributed by atoms with Crippen molar-refractivity contribution < 1.29 is 4.74 Å². The summed E-state index contributed by atoms with van der Waals surface area (Å²) in [5, 5.41) is 8.00. The molecule has 2 heterocycles. The molecule has 1 aliphatic heterocycles. The van der Waals surface area contributed by atoms with Crippen LogP contribution in [0.3, 0.4) is 0 Å². The Hall–Kier alpha value is -1.39. The van der Waals surface area contributed by atoms with Gasteiger partial charge in [0.2, 0.25) is 0 Å². The topological polar surface area (TPSA) is 61.8 Å². The molecular formula is C22H34IN5OS. The highest BCUT2D eigenvalue weighted by Crippen LogP contribution is 2.27. The lowest BCUT2D eigenvalue weighted by atomic mass is 10.1. The molecule has 1 atom stereocenters. The third kappa shape index (κ3) is 7.39. The van der Waals surface area contributed by atoms with Gasteiger partial charge in [-0.1, -0.05) is 12.1 Å². The molecule has 1 aromatic heterocycles. The Morgan fingerprint density at radius 2 is 1.97 bits per heavy atom. The first-order valence-corrected chi connectivity index (χ1v) is 11.3. The first-order chi connectivity index (χ1) is 14.2. The maximum Gasteiger partial charge on any atom is 0.191 e. The Bertz CT molecular complexity index is 774. The predicted molar refractivity (Wildman–Crippen MR) is 136 cm³/mol. The summed E-state index contributed by atoms with van der Waals surface area (Å²) < 4.78 is 5.32. The number of methoxy groups -OCH3 is 1. The van der Waals surface area contributed by atoms with Crippen molar-refractivity contribution in [2.24, 2.45) is 4.99 Å². The number of aliphatic imine (C=N–C) groups is 1. The standard InChI is InChI=1S/C22H33N5OS.HI/c1-4-23-22(24-12-11-21-25-15-17(2)29-21)26-16-20(27-13-5-6-14-27)18-7-9-19(28-3)10-8-18;/h7-10,15,20H,4-6,11-14,16H2,1-3H3,(H2,23,24,26);1H. The number of benzene rings is 1. The van der Waals surface area contributed by atoms with Crippen LogP contribution in [0.4, 0.5) is 0 Å². The van der Waals surface area contributed by atoms with Crippen molar-refractivity contribution in [3.05, 3.63) is 45.9 Å². The molecule has 3 rings (SSSR count). The highest BCUT2D eigenvalue weighted by molar-refractivity contribution is 14.0. The molecule has 0 saturated carbocycles. The molecule has 1 saturated heterocycles. The number of hydrogen-bond donors (Lipinski definition) is 2. The number of likely N-dealkylation sites (tertiary alicyclic amines) is 1. The maximum absolute atomic E-state index is 5.32. The van der Waals surface area contributed by atoms with Crippen molar-refractivity contribution in [3.63, 3.8) is 0 Å². The Morgan fingerprint density at radius 1 is 1.23 bits per heavy atom. The van der Waals surface area contributed by atoms with Crippen LogP contribution >= 0.6 is 35.3 Å². The number of halogens is 1. The van der Waals surface area contributed by atoms with Gasteiger partial charge >= 0.3 is 0 Å². The summed E-state index contributed by atoms with van der Waals surface area (Å²) >= 11 is 1.76. The molecule has 30 heavy (non-hydrogen) atoms. The Balaban J connectivity index is 0.00000320. The summed E-state index contributed by atoms with van der Waals surface area (Å²) in [6.07, 6.45) is 5.38. The number of hydrogen-bond acceptors (Lipinski definition) is 5. The SMILES string of the molecule is CCNC(=NCC(c1ccc(OC)cc1)N1CCCC1)NCCc1ncc(C)s1.I. The second-order valence-corrected chi connectivity index (χ2v) is 8.61. The average Bonchev–Trinajstić information content (AvgIpc) is 3.41. The van der Waals surface area contributed by atoms with Gasteiger partial charge in [-0.05, 0) is 57.5 Å². The van der Waals surface area contributed by atoms with Gasteiger partial charge in [0.1, 0.15) is 5.75 Å². The van der Waals surface area contributed by atoms with Crippen LogP contribution in [-0.4, -0.2) is 55.7 Å². The van der Waals surface area contributed by atoms with Crippen molar-refractivity contribution in [2.45, 2.75) is 39.2 Å². The maximum atomic E-state index is 5.32. The van der Waals surface area contributed by atoms with Gasteiger partial charge in [-0.25, -0.2) is 4.98 Å². The molecule has 1 aliphatic rings. The molecule has 0 amide bonds. The van der Waals surface area contributed by atoms with E-state index in [1.807, 2.05) is 18.3 Å². The van der Waals surface area contributed by atoms with E-state index in [1.54, 1.807) is 18.4 Å². The second-order valence-electron chi connectivity index (χ2n) is 7.29. The third-order valence-electron chi connectivity index (χ3n) is 5.15. The minimum absolute atomic E-state index is 0. The lowest BCUT2D eigenvalue weighted by Crippen LogP contribution is -2.39. The molecule has 0 spiro atoms. The zero-order valence-corrected chi connectivity index (χ0v) is 21.3. The highest BCUT2D eigenvalue weighted by atomic mass is 127. The summed E-state index contributed by atoms with van der Waals surface area (Å²) in [5.74, 6) is 1.77. The van der Waals surface area contributed by atoms with Crippen molar-refractivity contribution in [2.75, 3.05) is 39.8 Å². The lowest BCUT2D eigenvalue weighted by Gasteiger charge is -2.27. The van der Waals surface area contributed by atoms with E-state index >= 15 is 0 Å². The molecule has 0 bridgehead atoms. The number of aryl methyl sites for hydroxylation is 1. The van der Waals surface area contributed by atoms with Crippen LogP contribution in [0.15, 0.2) is 35.5 Å². The Labute approximate surface area is 201 Å². The zero-order chi connectivity index (χ0) is 20.5. The highest BCUT2D eigenvalue weighted by Gasteiger charge is 2.23. The van der Waals surface area contributed by atoms with Gasteiger partial charge in [-0.3, -0.25) is 9.89 Å². The fourth-order valence-electron chi connectivity index (χ4n) is 3.64. The van der Waals surface area contributed by atoms with Crippen LogP contribution < -0.4 is 15.4 Å². The van der Waals surface area contributed by atoms with E-state index < -0.39 is 0 Å². The van der Waals surface area contributed by atoms with Crippen molar-refractivity contribution in [3.8, 4) is 5.75 Å². The molecule has 6 nitrogen and oxygen atoms in total. The summed E-state index contributed by atoms with van der Waals surface area (Å²) in [6.45, 7) is 8.88. The molecule has 0 aliphatic carbocycles. The number of aromatic nitrogens is 1. The first-order valence-electron chi connectivity index (χ1n) is 10.5. The molecule has 2 aromatic rings. The third-order valence-corrected chi connectivity index (χ3v) is 6.12. The number of rotatable bonds is 9. The molecule has 1 unspecified atom stereocenters. The Morgan fingerprint density at radius 3 is 2.57 bits per heavy atom. The van der Waals surface area contributed by atoms with Crippen LogP contribution in [0.5, 0.6) is 5.75 Å². The minimum Gasteiger partial charge on any atom is -0.497 e. The van der Waals surface area contributed by atoms with Crippen molar-refractivity contribution in [1.29, 1.82) is 0 Å². The normalized spacial score (nSPS) is 15.5. The van der Waals surface area contributed by atoms with Crippen molar-refractivity contribution >= 4 is 41.3 Å². The van der Waals surface area contributed by atoms with Crippen LogP contribution in [0.1, 0.15) is 41.3 Å². The van der Waals surface area contributed by atoms with Gasteiger partial charge in [0, 0.05) is 30.6 Å². The second kappa shape index (κ2) is 13.1. The monoisotopic (exact) mass is 543 g/mol. The van der Waals surface area contributed by atoms with Crippen LogP contribution in [0, 0.1) is 6.92 Å². The smallest absolute Gasteiger partial charge is 0.191 e. The number of ether oxygens (including phenoxy) is 1.